The van der Waals surface area contributed by atoms with Gasteiger partial charge in [-0.2, -0.15) is 0 Å². The lowest BCUT2D eigenvalue weighted by Crippen LogP contribution is -2.01. The van der Waals surface area contributed by atoms with E-state index in [1.54, 1.807) is 0 Å². The normalized spacial score (nSPS) is 11.9. The molecule has 0 N–H and O–H groups in total. The fourth-order valence-electron chi connectivity index (χ4n) is 9.46. The zero-order valence-electron chi connectivity index (χ0n) is 31.0. The minimum absolute atomic E-state index is 1.14. The highest BCUT2D eigenvalue weighted by Crippen LogP contribution is 2.43. The van der Waals surface area contributed by atoms with Crippen molar-refractivity contribution in [2.45, 2.75) is 0 Å². The van der Waals surface area contributed by atoms with Crippen LogP contribution in [0.3, 0.4) is 0 Å². The lowest BCUT2D eigenvalue weighted by atomic mass is 10.0. The van der Waals surface area contributed by atoms with E-state index in [1.807, 2.05) is 0 Å². The van der Waals surface area contributed by atoms with E-state index in [0.29, 0.717) is 0 Å². The molecule has 57 heavy (non-hydrogen) atoms. The third-order valence-corrected chi connectivity index (χ3v) is 11.9. The molecule has 0 radical (unpaired) electrons. The summed E-state index contributed by atoms with van der Waals surface area (Å²) in [6, 6.07) is 77.4. The Hall–Kier alpha value is -7.62. The van der Waals surface area contributed by atoms with Crippen LogP contribution in [0.15, 0.2) is 212 Å². The van der Waals surface area contributed by atoms with E-state index in [1.165, 1.54) is 93.4 Å². The molecule has 9 aromatic carbocycles. The van der Waals surface area contributed by atoms with Crippen molar-refractivity contribution in [2.75, 3.05) is 0 Å². The molecule has 0 spiro atoms. The van der Waals surface area contributed by atoms with Crippen LogP contribution in [0.4, 0.5) is 0 Å². The van der Waals surface area contributed by atoms with Gasteiger partial charge in [0.2, 0.25) is 0 Å². The first kappa shape index (κ1) is 31.7. The first-order valence-electron chi connectivity index (χ1n) is 19.6. The molecule has 3 heterocycles. The zero-order valence-corrected chi connectivity index (χ0v) is 31.0. The van der Waals surface area contributed by atoms with Crippen LogP contribution in [0.2, 0.25) is 0 Å². The Kier molecular flexibility index (Phi) is 6.93. The van der Waals surface area contributed by atoms with Gasteiger partial charge >= 0.3 is 0 Å². The van der Waals surface area contributed by atoms with E-state index in [4.69, 9.17) is 0 Å². The largest absolute Gasteiger partial charge is 0.309 e. The Balaban J connectivity index is 1.12. The van der Waals surface area contributed by atoms with Crippen LogP contribution in [0, 0.1) is 0 Å². The average molecular weight is 726 g/mol. The summed E-state index contributed by atoms with van der Waals surface area (Å²) in [6.45, 7) is 0. The molecule has 0 unspecified atom stereocenters. The Morgan fingerprint density at radius 1 is 0.228 bits per heavy atom. The van der Waals surface area contributed by atoms with Crippen LogP contribution in [-0.4, -0.2) is 13.7 Å². The van der Waals surface area contributed by atoms with Crippen LogP contribution in [-0.2, 0) is 0 Å². The maximum Gasteiger partial charge on any atom is 0.0562 e. The van der Waals surface area contributed by atoms with Gasteiger partial charge in [-0.15, -0.1) is 0 Å². The lowest BCUT2D eigenvalue weighted by molar-refractivity contribution is 1.16. The molecule has 3 nitrogen and oxygen atoms in total. The van der Waals surface area contributed by atoms with Gasteiger partial charge in [0.1, 0.15) is 0 Å². The molecular weight excluding hydrogens is 691 g/mol. The standard InChI is InChI=1S/C54H35N3/c1-2-17-36(18-3-1)37-33-34-51-44(35-37)42-23-8-14-29-49(42)55(51)45-25-10-4-19-38(45)39-20-7-13-28-48(39)57-50-30-15-9-24-43(50)54-52(31-16-32-53(54)57)56-46-26-11-5-21-40(46)41-22-6-12-27-47(41)56/h1-35H. The molecule has 266 valence electrons. The van der Waals surface area contributed by atoms with Crippen LogP contribution < -0.4 is 0 Å². The summed E-state index contributed by atoms with van der Waals surface area (Å²) < 4.78 is 7.39. The summed E-state index contributed by atoms with van der Waals surface area (Å²) in [4.78, 5) is 0. The van der Waals surface area contributed by atoms with E-state index in [9.17, 15) is 0 Å². The van der Waals surface area contributed by atoms with E-state index >= 15 is 0 Å². The molecule has 0 fully saturated rings. The van der Waals surface area contributed by atoms with Crippen molar-refractivity contribution < 1.29 is 0 Å². The van der Waals surface area contributed by atoms with Crippen molar-refractivity contribution in [2.24, 2.45) is 0 Å². The van der Waals surface area contributed by atoms with Crippen molar-refractivity contribution >= 4 is 65.4 Å². The van der Waals surface area contributed by atoms with E-state index in [0.717, 1.165) is 11.4 Å². The van der Waals surface area contributed by atoms with Gasteiger partial charge in [0.05, 0.1) is 50.2 Å². The number of nitrogens with zero attached hydrogens (tertiary/aromatic N) is 3. The fraction of sp³-hybridized carbons (Fsp3) is 0. The van der Waals surface area contributed by atoms with E-state index < -0.39 is 0 Å². The Morgan fingerprint density at radius 3 is 1.25 bits per heavy atom. The highest BCUT2D eigenvalue weighted by molar-refractivity contribution is 6.17. The minimum atomic E-state index is 1.14. The molecule has 0 saturated carbocycles. The van der Waals surface area contributed by atoms with Crippen molar-refractivity contribution in [1.29, 1.82) is 0 Å². The maximum absolute atomic E-state index is 2.48. The topological polar surface area (TPSA) is 14.8 Å². The first-order chi connectivity index (χ1) is 28.3. The van der Waals surface area contributed by atoms with Crippen LogP contribution >= 0.6 is 0 Å². The van der Waals surface area contributed by atoms with Gasteiger partial charge in [0.25, 0.3) is 0 Å². The molecule has 0 atom stereocenters. The number of aromatic nitrogens is 3. The molecule has 0 saturated heterocycles. The average Bonchev–Trinajstić information content (AvgIpc) is 3.92. The first-order valence-corrected chi connectivity index (χ1v) is 19.6. The van der Waals surface area contributed by atoms with Crippen LogP contribution in [0.5, 0.6) is 0 Å². The summed E-state index contributed by atoms with van der Waals surface area (Å²) in [6.07, 6.45) is 0. The highest BCUT2D eigenvalue weighted by atomic mass is 15.0. The number of para-hydroxylation sites is 6. The van der Waals surface area contributed by atoms with Crippen LogP contribution in [0.1, 0.15) is 0 Å². The smallest absolute Gasteiger partial charge is 0.0562 e. The molecule has 3 heteroatoms. The van der Waals surface area contributed by atoms with Gasteiger partial charge < -0.3 is 13.7 Å². The number of hydrogen-bond acceptors (Lipinski definition) is 0. The highest BCUT2D eigenvalue weighted by Gasteiger charge is 2.22. The molecule has 3 aromatic heterocycles. The van der Waals surface area contributed by atoms with Gasteiger partial charge in [0, 0.05) is 43.4 Å². The number of benzene rings is 9. The molecule has 0 aliphatic rings. The van der Waals surface area contributed by atoms with Crippen molar-refractivity contribution in [3.05, 3.63) is 212 Å². The second kappa shape index (κ2) is 12.5. The summed E-state index contributed by atoms with van der Waals surface area (Å²) in [7, 11) is 0. The van der Waals surface area contributed by atoms with Gasteiger partial charge in [-0.1, -0.05) is 152 Å². The van der Waals surface area contributed by atoms with Gasteiger partial charge in [0.15, 0.2) is 0 Å². The molecule has 0 amide bonds. The summed E-state index contributed by atoms with van der Waals surface area (Å²) in [5, 5.41) is 7.47. The SMILES string of the molecule is c1ccc(-c2ccc3c(c2)c2ccccc2n3-c2ccccc2-c2ccccc2-n2c3ccccc3c3c(-n4c5ccccc5c5ccccc54)cccc32)cc1. The van der Waals surface area contributed by atoms with Gasteiger partial charge in [-0.25, -0.2) is 0 Å². The third-order valence-electron chi connectivity index (χ3n) is 11.9. The molecule has 0 aliphatic carbocycles. The predicted molar refractivity (Wildman–Crippen MR) is 240 cm³/mol. The second-order valence-electron chi connectivity index (χ2n) is 14.9. The zero-order chi connectivity index (χ0) is 37.5. The second-order valence-corrected chi connectivity index (χ2v) is 14.9. The Labute approximate surface area is 329 Å². The summed E-state index contributed by atoms with van der Waals surface area (Å²) >= 11 is 0. The quantitative estimate of drug-likeness (QED) is 0.168. The molecule has 0 aliphatic heterocycles. The third kappa shape index (κ3) is 4.66. The summed E-state index contributed by atoms with van der Waals surface area (Å²) in [5.41, 5.74) is 15.4. The number of fused-ring (bicyclic) bond motifs is 9. The fourth-order valence-corrected chi connectivity index (χ4v) is 9.46. The predicted octanol–water partition coefficient (Wildman–Crippen LogP) is 14.3. The molecule has 12 aromatic rings. The van der Waals surface area contributed by atoms with Gasteiger partial charge in [-0.05, 0) is 71.8 Å². The molecule has 0 bridgehead atoms. The minimum Gasteiger partial charge on any atom is -0.309 e. The van der Waals surface area contributed by atoms with E-state index in [-0.39, 0.29) is 0 Å². The molecular formula is C54H35N3. The van der Waals surface area contributed by atoms with E-state index in [2.05, 4.69) is 226 Å². The maximum atomic E-state index is 2.48. The van der Waals surface area contributed by atoms with Crippen molar-refractivity contribution in [3.8, 4) is 39.3 Å². The Bertz CT molecular complexity index is 3470. The number of rotatable bonds is 5. The van der Waals surface area contributed by atoms with Crippen LogP contribution in [0.25, 0.3) is 105 Å². The Morgan fingerprint density at radius 2 is 0.632 bits per heavy atom. The lowest BCUT2D eigenvalue weighted by Gasteiger charge is -2.18. The van der Waals surface area contributed by atoms with Crippen molar-refractivity contribution in [3.63, 3.8) is 0 Å². The summed E-state index contributed by atoms with van der Waals surface area (Å²) in [5.74, 6) is 0. The number of hydrogen-bond donors (Lipinski definition) is 0. The van der Waals surface area contributed by atoms with Crippen molar-refractivity contribution in [1.82, 2.24) is 13.7 Å². The molecule has 12 rings (SSSR count). The van der Waals surface area contributed by atoms with Gasteiger partial charge in [-0.3, -0.25) is 0 Å². The monoisotopic (exact) mass is 725 g/mol.